The SMILES string of the molecule is CCN(CC)C(=O)CCCC(=O)N1CCN(Cc2ccc(Cl)s2)CC1. The third-order valence-electron chi connectivity index (χ3n) is 4.63. The summed E-state index contributed by atoms with van der Waals surface area (Å²) in [5, 5.41) is 0. The number of carbonyl (C=O) groups excluding carboxylic acids is 2. The zero-order valence-corrected chi connectivity index (χ0v) is 16.7. The molecular weight excluding hydrogens is 358 g/mol. The van der Waals surface area contributed by atoms with Crippen LogP contribution in [0, 0.1) is 0 Å². The molecule has 1 aromatic heterocycles. The molecular formula is C18H28ClN3O2S. The van der Waals surface area contributed by atoms with Crippen LogP contribution >= 0.6 is 22.9 Å². The second-order valence-corrected chi connectivity index (χ2v) is 8.08. The first kappa shape index (κ1) is 20.2. The molecule has 0 aromatic carbocycles. The minimum Gasteiger partial charge on any atom is -0.343 e. The summed E-state index contributed by atoms with van der Waals surface area (Å²) >= 11 is 7.59. The molecule has 0 radical (unpaired) electrons. The fourth-order valence-electron chi connectivity index (χ4n) is 3.10. The third kappa shape index (κ3) is 6.28. The molecule has 0 unspecified atom stereocenters. The topological polar surface area (TPSA) is 43.9 Å². The third-order valence-corrected chi connectivity index (χ3v) is 5.85. The smallest absolute Gasteiger partial charge is 0.222 e. The molecule has 25 heavy (non-hydrogen) atoms. The maximum absolute atomic E-state index is 12.3. The van der Waals surface area contributed by atoms with Gasteiger partial charge in [0.05, 0.1) is 4.34 Å². The van der Waals surface area contributed by atoms with Crippen LogP contribution in [0.4, 0.5) is 0 Å². The molecule has 2 amide bonds. The number of carbonyl (C=O) groups is 2. The number of rotatable bonds is 8. The summed E-state index contributed by atoms with van der Waals surface area (Å²) in [6.07, 6.45) is 1.57. The van der Waals surface area contributed by atoms with Crippen molar-refractivity contribution in [3.63, 3.8) is 0 Å². The molecule has 0 N–H and O–H groups in total. The lowest BCUT2D eigenvalue weighted by Crippen LogP contribution is -2.48. The van der Waals surface area contributed by atoms with E-state index in [4.69, 9.17) is 11.6 Å². The van der Waals surface area contributed by atoms with Gasteiger partial charge in [0.15, 0.2) is 0 Å². The van der Waals surface area contributed by atoms with Crippen molar-refractivity contribution < 1.29 is 9.59 Å². The Morgan fingerprint density at radius 2 is 1.80 bits per heavy atom. The Bertz CT molecular complexity index is 566. The lowest BCUT2D eigenvalue weighted by atomic mass is 10.2. The van der Waals surface area contributed by atoms with Crippen molar-refractivity contribution in [1.82, 2.24) is 14.7 Å². The number of halogens is 1. The van der Waals surface area contributed by atoms with Gasteiger partial charge in [-0.3, -0.25) is 14.5 Å². The zero-order chi connectivity index (χ0) is 18.2. The predicted molar refractivity (Wildman–Crippen MR) is 103 cm³/mol. The van der Waals surface area contributed by atoms with Gasteiger partial charge in [-0.05, 0) is 32.4 Å². The number of amides is 2. The lowest BCUT2D eigenvalue weighted by molar-refractivity contribution is -0.133. The first-order valence-corrected chi connectivity index (χ1v) is 10.2. The summed E-state index contributed by atoms with van der Waals surface area (Å²) in [6.45, 7) is 9.65. The van der Waals surface area contributed by atoms with Crippen LogP contribution in [0.25, 0.3) is 0 Å². The summed E-state index contributed by atoms with van der Waals surface area (Å²) in [4.78, 5) is 31.7. The molecule has 140 valence electrons. The van der Waals surface area contributed by atoms with Gasteiger partial charge < -0.3 is 9.80 Å². The average molecular weight is 386 g/mol. The number of hydrogen-bond acceptors (Lipinski definition) is 4. The molecule has 5 nitrogen and oxygen atoms in total. The van der Waals surface area contributed by atoms with E-state index in [1.807, 2.05) is 29.7 Å². The van der Waals surface area contributed by atoms with Crippen LogP contribution in [0.3, 0.4) is 0 Å². The molecule has 1 fully saturated rings. The highest BCUT2D eigenvalue weighted by atomic mass is 35.5. The molecule has 0 spiro atoms. The zero-order valence-electron chi connectivity index (χ0n) is 15.2. The van der Waals surface area contributed by atoms with Gasteiger partial charge in [-0.15, -0.1) is 11.3 Å². The Morgan fingerprint density at radius 3 is 2.36 bits per heavy atom. The molecule has 1 aliphatic heterocycles. The highest BCUT2D eigenvalue weighted by molar-refractivity contribution is 7.16. The van der Waals surface area contributed by atoms with Gasteiger partial charge in [-0.25, -0.2) is 0 Å². The predicted octanol–water partition coefficient (Wildman–Crippen LogP) is 3.08. The van der Waals surface area contributed by atoms with E-state index < -0.39 is 0 Å². The maximum Gasteiger partial charge on any atom is 0.222 e. The van der Waals surface area contributed by atoms with Crippen molar-refractivity contribution in [3.8, 4) is 0 Å². The Morgan fingerprint density at radius 1 is 1.12 bits per heavy atom. The quantitative estimate of drug-likeness (QED) is 0.690. The molecule has 0 atom stereocenters. The first-order chi connectivity index (χ1) is 12.0. The van der Waals surface area contributed by atoms with Crippen LogP contribution < -0.4 is 0 Å². The van der Waals surface area contributed by atoms with Crippen molar-refractivity contribution in [2.24, 2.45) is 0 Å². The van der Waals surface area contributed by atoms with E-state index in [1.165, 1.54) is 4.88 Å². The first-order valence-electron chi connectivity index (χ1n) is 9.05. The standard InChI is InChI=1S/C18H28ClN3O2S/c1-3-21(4-2)17(23)6-5-7-18(24)22-12-10-20(11-13-22)14-15-8-9-16(19)25-15/h8-9H,3-7,10-14H2,1-2H3. The van der Waals surface area contributed by atoms with E-state index in [9.17, 15) is 9.59 Å². The summed E-state index contributed by atoms with van der Waals surface area (Å²) in [5.41, 5.74) is 0. The van der Waals surface area contributed by atoms with Gasteiger partial charge in [0.2, 0.25) is 11.8 Å². The van der Waals surface area contributed by atoms with E-state index >= 15 is 0 Å². The molecule has 2 rings (SSSR count). The second-order valence-electron chi connectivity index (χ2n) is 6.28. The van der Waals surface area contributed by atoms with Gasteiger partial charge in [0.25, 0.3) is 0 Å². The largest absolute Gasteiger partial charge is 0.343 e. The molecule has 1 aliphatic rings. The van der Waals surface area contributed by atoms with Gasteiger partial charge in [-0.1, -0.05) is 11.6 Å². The lowest BCUT2D eigenvalue weighted by Gasteiger charge is -2.34. The molecule has 0 bridgehead atoms. The van der Waals surface area contributed by atoms with E-state index in [1.54, 1.807) is 11.3 Å². The summed E-state index contributed by atoms with van der Waals surface area (Å²) < 4.78 is 0.822. The molecule has 7 heteroatoms. The van der Waals surface area contributed by atoms with Crippen LogP contribution in [0.15, 0.2) is 12.1 Å². The second kappa shape index (κ2) is 10.1. The highest BCUT2D eigenvalue weighted by Gasteiger charge is 2.21. The summed E-state index contributed by atoms with van der Waals surface area (Å²) in [5.74, 6) is 0.323. The number of thiophene rings is 1. The van der Waals surface area contributed by atoms with Crippen LogP contribution in [0.1, 0.15) is 38.0 Å². The van der Waals surface area contributed by atoms with Crippen molar-refractivity contribution in [1.29, 1.82) is 0 Å². The molecule has 0 aliphatic carbocycles. The Labute approximate surface area is 159 Å². The van der Waals surface area contributed by atoms with E-state index in [2.05, 4.69) is 11.0 Å². The Hall–Kier alpha value is -1.11. The molecule has 1 saturated heterocycles. The maximum atomic E-state index is 12.3. The monoisotopic (exact) mass is 385 g/mol. The van der Waals surface area contributed by atoms with E-state index in [-0.39, 0.29) is 11.8 Å². The molecule has 1 aromatic rings. The van der Waals surface area contributed by atoms with Crippen LogP contribution in [0.5, 0.6) is 0 Å². The number of hydrogen-bond donors (Lipinski definition) is 0. The fraction of sp³-hybridized carbons (Fsp3) is 0.667. The minimum atomic E-state index is 0.150. The number of piperazine rings is 1. The highest BCUT2D eigenvalue weighted by Crippen LogP contribution is 2.23. The van der Waals surface area contributed by atoms with Crippen molar-refractivity contribution >= 4 is 34.8 Å². The summed E-state index contributed by atoms with van der Waals surface area (Å²) in [7, 11) is 0. The molecule has 0 saturated carbocycles. The van der Waals surface area contributed by atoms with Gasteiger partial charge in [0.1, 0.15) is 0 Å². The Kier molecular flexibility index (Phi) is 8.19. The molecule has 2 heterocycles. The fourth-order valence-corrected chi connectivity index (χ4v) is 4.23. The average Bonchev–Trinajstić information content (AvgIpc) is 3.01. The van der Waals surface area contributed by atoms with E-state index in [0.29, 0.717) is 19.3 Å². The van der Waals surface area contributed by atoms with E-state index in [0.717, 1.165) is 50.1 Å². The van der Waals surface area contributed by atoms with Crippen LogP contribution in [-0.2, 0) is 16.1 Å². The minimum absolute atomic E-state index is 0.150. The normalized spacial score (nSPS) is 15.4. The number of nitrogens with zero attached hydrogens (tertiary/aromatic N) is 3. The van der Waals surface area contributed by atoms with Crippen molar-refractivity contribution in [2.45, 2.75) is 39.7 Å². The van der Waals surface area contributed by atoms with Crippen molar-refractivity contribution in [2.75, 3.05) is 39.3 Å². The van der Waals surface area contributed by atoms with Gasteiger partial charge >= 0.3 is 0 Å². The van der Waals surface area contributed by atoms with Gasteiger partial charge in [0, 0.05) is 63.5 Å². The van der Waals surface area contributed by atoms with Crippen LogP contribution in [0.2, 0.25) is 4.34 Å². The Balaban J connectivity index is 1.66. The van der Waals surface area contributed by atoms with Gasteiger partial charge in [-0.2, -0.15) is 0 Å². The van der Waals surface area contributed by atoms with Crippen molar-refractivity contribution in [3.05, 3.63) is 21.3 Å². The van der Waals surface area contributed by atoms with Crippen LogP contribution in [-0.4, -0.2) is 65.8 Å². The summed E-state index contributed by atoms with van der Waals surface area (Å²) in [6, 6.07) is 4.00.